The summed E-state index contributed by atoms with van der Waals surface area (Å²) in [5.41, 5.74) is 0. The van der Waals surface area contributed by atoms with Crippen LogP contribution >= 0.6 is 0 Å². The molecule has 0 bridgehead atoms. The van der Waals surface area contributed by atoms with Crippen molar-refractivity contribution in [1.82, 2.24) is 26.6 Å². The van der Waals surface area contributed by atoms with E-state index in [-0.39, 0.29) is 30.7 Å². The SMILES string of the molecule is CCCCCC[C@H](C)[C@@H](O)[C@@H](C)C(=O)NCC(=O)N[C@H](C(=O)N[C@@H](CC(C)C)C(=O)N[C@@H](C)C(=O)N[C@@H](C)C(=O)OC)C(C)C. The molecule has 45 heavy (non-hydrogen) atoms. The second-order valence-electron chi connectivity index (χ2n) is 12.8. The van der Waals surface area contributed by atoms with E-state index in [0.29, 0.717) is 0 Å². The number of methoxy groups -OCH3 is 1. The molecule has 0 unspecified atom stereocenters. The van der Waals surface area contributed by atoms with E-state index in [9.17, 15) is 33.9 Å². The van der Waals surface area contributed by atoms with E-state index in [0.717, 1.165) is 32.1 Å². The number of amides is 5. The van der Waals surface area contributed by atoms with Crippen molar-refractivity contribution < 1.29 is 38.6 Å². The lowest BCUT2D eigenvalue weighted by Crippen LogP contribution is -2.58. The van der Waals surface area contributed by atoms with Crippen LogP contribution in [0.15, 0.2) is 0 Å². The van der Waals surface area contributed by atoms with Crippen LogP contribution in [-0.4, -0.2) is 84.5 Å². The Hall–Kier alpha value is -3.22. The third-order valence-corrected chi connectivity index (χ3v) is 7.72. The molecular weight excluding hydrogens is 582 g/mol. The fourth-order valence-electron chi connectivity index (χ4n) is 4.72. The van der Waals surface area contributed by atoms with Crippen molar-refractivity contribution in [2.45, 2.75) is 131 Å². The summed E-state index contributed by atoms with van der Waals surface area (Å²) >= 11 is 0. The number of nitrogens with one attached hydrogen (secondary N) is 5. The first-order chi connectivity index (χ1) is 21.0. The summed E-state index contributed by atoms with van der Waals surface area (Å²) in [4.78, 5) is 75.9. The van der Waals surface area contributed by atoms with Crippen LogP contribution < -0.4 is 26.6 Å². The van der Waals surface area contributed by atoms with Crippen molar-refractivity contribution in [1.29, 1.82) is 0 Å². The molecule has 0 aliphatic rings. The molecule has 13 heteroatoms. The molecule has 0 aromatic heterocycles. The van der Waals surface area contributed by atoms with Gasteiger partial charge in [0, 0.05) is 0 Å². The molecule has 0 saturated heterocycles. The van der Waals surface area contributed by atoms with Crippen LogP contribution in [0, 0.1) is 23.7 Å². The maximum absolute atomic E-state index is 13.3. The van der Waals surface area contributed by atoms with Gasteiger partial charge < -0.3 is 36.4 Å². The third kappa shape index (κ3) is 16.1. The first kappa shape index (κ1) is 41.8. The van der Waals surface area contributed by atoms with Crippen LogP contribution in [0.3, 0.4) is 0 Å². The number of esters is 1. The minimum absolute atomic E-state index is 0.00299. The van der Waals surface area contributed by atoms with Gasteiger partial charge in [-0.1, -0.05) is 74.1 Å². The van der Waals surface area contributed by atoms with Gasteiger partial charge in [0.25, 0.3) is 0 Å². The molecule has 0 radical (unpaired) electrons. The number of aliphatic hydroxyl groups excluding tert-OH is 1. The molecule has 5 amide bonds. The summed E-state index contributed by atoms with van der Waals surface area (Å²) in [6.45, 7) is 15.4. The third-order valence-electron chi connectivity index (χ3n) is 7.72. The lowest BCUT2D eigenvalue weighted by molar-refractivity contribution is -0.144. The largest absolute Gasteiger partial charge is 0.467 e. The molecule has 0 heterocycles. The number of unbranched alkanes of at least 4 members (excludes halogenated alkanes) is 3. The summed E-state index contributed by atoms with van der Waals surface area (Å²) < 4.78 is 4.59. The van der Waals surface area contributed by atoms with E-state index < -0.39 is 71.7 Å². The van der Waals surface area contributed by atoms with Gasteiger partial charge in [-0.25, -0.2) is 4.79 Å². The van der Waals surface area contributed by atoms with Crippen LogP contribution in [0.1, 0.15) is 101 Å². The van der Waals surface area contributed by atoms with E-state index in [1.54, 1.807) is 20.8 Å². The van der Waals surface area contributed by atoms with Crippen molar-refractivity contribution in [2.24, 2.45) is 23.7 Å². The average molecular weight is 642 g/mol. The standard InChI is InChI=1S/C32H59N5O8/c1-11-12-13-14-15-20(6)27(39)21(7)28(40)33-17-25(38)37-26(19(4)5)31(43)36-24(16-18(2)3)30(42)34-22(8)29(41)35-23(9)32(44)45-10/h18-24,26-27,39H,11-17H2,1-10H3,(H,33,40)(H,34,42)(H,35,41)(H,36,43)(H,37,38)/t20-,21+,22-,23-,24-,26-,27+/m0/s1. The molecule has 0 saturated carbocycles. The fourth-order valence-corrected chi connectivity index (χ4v) is 4.72. The van der Waals surface area contributed by atoms with Crippen molar-refractivity contribution in [2.75, 3.05) is 13.7 Å². The zero-order chi connectivity index (χ0) is 34.9. The van der Waals surface area contributed by atoms with Crippen LogP contribution in [-0.2, 0) is 33.5 Å². The second kappa shape index (κ2) is 21.5. The molecule has 0 rings (SSSR count). The number of hydrogen-bond donors (Lipinski definition) is 6. The predicted octanol–water partition coefficient (Wildman–Crippen LogP) is 1.56. The molecule has 0 aliphatic heterocycles. The van der Waals surface area contributed by atoms with Gasteiger partial charge >= 0.3 is 5.97 Å². The summed E-state index contributed by atoms with van der Waals surface area (Å²) in [7, 11) is 1.20. The molecule has 0 spiro atoms. The molecule has 260 valence electrons. The lowest BCUT2D eigenvalue weighted by atomic mass is 9.89. The van der Waals surface area contributed by atoms with Crippen molar-refractivity contribution in [3.63, 3.8) is 0 Å². The summed E-state index contributed by atoms with van der Waals surface area (Å²) in [6, 6.07) is -3.93. The molecule has 0 aromatic carbocycles. The molecule has 6 N–H and O–H groups in total. The first-order valence-electron chi connectivity index (χ1n) is 16.2. The number of hydrogen-bond acceptors (Lipinski definition) is 8. The molecule has 0 aromatic rings. The highest BCUT2D eigenvalue weighted by atomic mass is 16.5. The van der Waals surface area contributed by atoms with Gasteiger partial charge in [0.15, 0.2) is 0 Å². The Morgan fingerprint density at radius 2 is 1.31 bits per heavy atom. The highest BCUT2D eigenvalue weighted by Crippen LogP contribution is 2.20. The number of rotatable bonds is 21. The van der Waals surface area contributed by atoms with Crippen LogP contribution in [0.2, 0.25) is 0 Å². The van der Waals surface area contributed by atoms with Gasteiger partial charge in [0.2, 0.25) is 29.5 Å². The highest BCUT2D eigenvalue weighted by Gasteiger charge is 2.32. The maximum Gasteiger partial charge on any atom is 0.328 e. The zero-order valence-electron chi connectivity index (χ0n) is 29.0. The molecular formula is C32H59N5O8. The van der Waals surface area contributed by atoms with E-state index >= 15 is 0 Å². The Kier molecular flexibility index (Phi) is 20.0. The van der Waals surface area contributed by atoms with Crippen LogP contribution in [0.25, 0.3) is 0 Å². The monoisotopic (exact) mass is 641 g/mol. The molecule has 0 aliphatic carbocycles. The molecule has 13 nitrogen and oxygen atoms in total. The number of carbonyl (C=O) groups is 6. The van der Waals surface area contributed by atoms with Gasteiger partial charge in [-0.05, 0) is 44.4 Å². The Labute approximate surface area is 269 Å². The lowest BCUT2D eigenvalue weighted by Gasteiger charge is -2.27. The summed E-state index contributed by atoms with van der Waals surface area (Å²) in [5.74, 6) is -4.63. The van der Waals surface area contributed by atoms with Crippen molar-refractivity contribution in [3.05, 3.63) is 0 Å². The normalized spacial score (nSPS) is 15.9. The maximum atomic E-state index is 13.3. The van der Waals surface area contributed by atoms with Gasteiger partial charge in [0.1, 0.15) is 24.2 Å². The van der Waals surface area contributed by atoms with Crippen molar-refractivity contribution >= 4 is 35.5 Å². The Bertz CT molecular complexity index is 973. The topological polar surface area (TPSA) is 192 Å². The fraction of sp³-hybridized carbons (Fsp3) is 0.812. The quantitative estimate of drug-likeness (QED) is 0.0803. The van der Waals surface area contributed by atoms with E-state index in [1.165, 1.54) is 21.0 Å². The van der Waals surface area contributed by atoms with Gasteiger partial charge in [-0.3, -0.25) is 24.0 Å². The predicted molar refractivity (Wildman–Crippen MR) is 171 cm³/mol. The zero-order valence-corrected chi connectivity index (χ0v) is 29.0. The summed E-state index contributed by atoms with van der Waals surface area (Å²) in [5, 5.41) is 23.5. The Balaban J connectivity index is 5.22. The minimum Gasteiger partial charge on any atom is -0.467 e. The smallest absolute Gasteiger partial charge is 0.328 e. The van der Waals surface area contributed by atoms with E-state index in [4.69, 9.17) is 0 Å². The minimum atomic E-state index is -1.01. The van der Waals surface area contributed by atoms with Crippen LogP contribution in [0.5, 0.6) is 0 Å². The van der Waals surface area contributed by atoms with E-state index in [1.807, 2.05) is 20.8 Å². The van der Waals surface area contributed by atoms with Gasteiger partial charge in [-0.2, -0.15) is 0 Å². The van der Waals surface area contributed by atoms with Gasteiger partial charge in [0.05, 0.1) is 25.7 Å². The number of carbonyl (C=O) groups excluding carboxylic acids is 6. The molecule has 0 fully saturated rings. The highest BCUT2D eigenvalue weighted by molar-refractivity contribution is 5.95. The van der Waals surface area contributed by atoms with E-state index in [2.05, 4.69) is 38.2 Å². The number of aliphatic hydroxyl groups is 1. The second-order valence-corrected chi connectivity index (χ2v) is 12.8. The van der Waals surface area contributed by atoms with Crippen LogP contribution in [0.4, 0.5) is 0 Å². The first-order valence-corrected chi connectivity index (χ1v) is 16.2. The Morgan fingerprint density at radius 3 is 1.84 bits per heavy atom. The summed E-state index contributed by atoms with van der Waals surface area (Å²) in [6.07, 6.45) is 4.52. The average Bonchev–Trinajstić information content (AvgIpc) is 2.98. The van der Waals surface area contributed by atoms with Gasteiger partial charge in [-0.15, -0.1) is 0 Å². The Morgan fingerprint density at radius 1 is 0.711 bits per heavy atom. The van der Waals surface area contributed by atoms with Crippen molar-refractivity contribution in [3.8, 4) is 0 Å². The molecule has 7 atom stereocenters. The number of ether oxygens (including phenoxy) is 1.